The lowest BCUT2D eigenvalue weighted by Crippen LogP contribution is -2.46. The standard InChI is InChI=1S/C34H36ClN7O5/c1-18-21(8-7-11-24(18)39-30-28-31(38-19(2)37-30)41(3)34(45)42(4)33(28)44)22-9-6-10-23(29(22)35)25-13-12-20(32(40-25)46-5)16-36-26-14-15-47-17-27(26)43/h6-13,26-27,36,43H,14-17H2,1-5H3,(H,37,38,39). The van der Waals surface area contributed by atoms with Gasteiger partial charge in [0.25, 0.3) is 5.56 Å². The maximum atomic E-state index is 13.2. The molecule has 47 heavy (non-hydrogen) atoms. The Morgan fingerprint density at radius 3 is 2.51 bits per heavy atom. The van der Waals surface area contributed by atoms with Crippen LogP contribution >= 0.6 is 11.6 Å². The van der Waals surface area contributed by atoms with Crippen LogP contribution in [-0.4, -0.2) is 61.7 Å². The van der Waals surface area contributed by atoms with E-state index in [9.17, 15) is 14.7 Å². The zero-order valence-electron chi connectivity index (χ0n) is 26.8. The molecular formula is C34H36ClN7O5. The fourth-order valence-corrected chi connectivity index (χ4v) is 6.24. The highest BCUT2D eigenvalue weighted by molar-refractivity contribution is 6.36. The third-order valence-corrected chi connectivity index (χ3v) is 8.98. The van der Waals surface area contributed by atoms with Crippen molar-refractivity contribution < 1.29 is 14.6 Å². The average molecular weight is 658 g/mol. The monoisotopic (exact) mass is 657 g/mol. The van der Waals surface area contributed by atoms with Gasteiger partial charge in [-0.05, 0) is 43.5 Å². The van der Waals surface area contributed by atoms with E-state index in [4.69, 9.17) is 26.1 Å². The predicted octanol–water partition coefficient (Wildman–Crippen LogP) is 4.02. The van der Waals surface area contributed by atoms with Gasteiger partial charge < -0.3 is 25.2 Å². The number of ether oxygens (including phenoxy) is 2. The molecule has 2 aromatic carbocycles. The first-order valence-corrected chi connectivity index (χ1v) is 15.6. The van der Waals surface area contributed by atoms with Crippen LogP contribution in [0, 0.1) is 13.8 Å². The number of aliphatic hydroxyl groups excluding tert-OH is 1. The number of aromatic nitrogens is 5. The van der Waals surface area contributed by atoms with E-state index in [-0.39, 0.29) is 17.1 Å². The van der Waals surface area contributed by atoms with Gasteiger partial charge in [-0.15, -0.1) is 0 Å². The Morgan fingerprint density at radius 1 is 1.00 bits per heavy atom. The Kier molecular flexibility index (Phi) is 9.11. The van der Waals surface area contributed by atoms with Gasteiger partial charge >= 0.3 is 5.69 Å². The molecule has 1 fully saturated rings. The summed E-state index contributed by atoms with van der Waals surface area (Å²) in [4.78, 5) is 39.4. The largest absolute Gasteiger partial charge is 0.481 e. The summed E-state index contributed by atoms with van der Waals surface area (Å²) in [5.74, 6) is 1.19. The highest BCUT2D eigenvalue weighted by Crippen LogP contribution is 2.40. The first-order valence-electron chi connectivity index (χ1n) is 15.2. The highest BCUT2D eigenvalue weighted by atomic mass is 35.5. The molecule has 5 aromatic rings. The van der Waals surface area contributed by atoms with Crippen LogP contribution in [0.3, 0.4) is 0 Å². The number of nitrogens with one attached hydrogen (secondary N) is 2. The van der Waals surface area contributed by atoms with Crippen molar-refractivity contribution in [3.05, 3.63) is 91.3 Å². The molecule has 4 heterocycles. The van der Waals surface area contributed by atoms with Crippen LogP contribution in [0.4, 0.5) is 11.5 Å². The highest BCUT2D eigenvalue weighted by Gasteiger charge is 2.24. The summed E-state index contributed by atoms with van der Waals surface area (Å²) in [5, 5.41) is 17.7. The molecule has 0 radical (unpaired) electrons. The van der Waals surface area contributed by atoms with Crippen LogP contribution in [-0.2, 0) is 25.4 Å². The first-order chi connectivity index (χ1) is 22.6. The van der Waals surface area contributed by atoms with Gasteiger partial charge in [0.15, 0.2) is 5.65 Å². The second-order valence-electron chi connectivity index (χ2n) is 11.6. The van der Waals surface area contributed by atoms with Gasteiger partial charge in [-0.3, -0.25) is 13.9 Å². The van der Waals surface area contributed by atoms with Gasteiger partial charge in [-0.2, -0.15) is 0 Å². The molecule has 1 saturated heterocycles. The summed E-state index contributed by atoms with van der Waals surface area (Å²) in [7, 11) is 4.59. The Balaban J connectivity index is 1.34. The summed E-state index contributed by atoms with van der Waals surface area (Å²) < 4.78 is 13.4. The molecular weight excluding hydrogens is 622 g/mol. The van der Waals surface area contributed by atoms with Gasteiger partial charge in [0.05, 0.1) is 30.5 Å². The SMILES string of the molecule is COc1nc(-c2cccc(-c3cccc(Nc4nc(C)nc5c4c(=O)n(C)c(=O)n5C)c3C)c2Cl)ccc1CNC1CCOCC1O. The van der Waals surface area contributed by atoms with Crippen LogP contribution in [0.15, 0.2) is 58.1 Å². The Labute approximate surface area is 276 Å². The minimum absolute atomic E-state index is 0.0658. The number of hydrogen-bond acceptors (Lipinski definition) is 10. The van der Waals surface area contributed by atoms with E-state index in [1.807, 2.05) is 55.5 Å². The summed E-state index contributed by atoms with van der Waals surface area (Å²) in [6.07, 6.45) is 0.162. The topological polar surface area (TPSA) is 145 Å². The Morgan fingerprint density at radius 2 is 1.74 bits per heavy atom. The molecule has 3 N–H and O–H groups in total. The van der Waals surface area contributed by atoms with Crippen LogP contribution in [0.5, 0.6) is 5.88 Å². The first kappa shape index (κ1) is 32.3. The van der Waals surface area contributed by atoms with Crippen molar-refractivity contribution >= 4 is 34.1 Å². The normalized spacial score (nSPS) is 16.4. The second kappa shape index (κ2) is 13.2. The fraction of sp³-hybridized carbons (Fsp3) is 0.324. The van der Waals surface area contributed by atoms with E-state index in [1.54, 1.807) is 21.1 Å². The number of pyridine rings is 1. The Bertz CT molecular complexity index is 2110. The van der Waals surface area contributed by atoms with E-state index in [1.165, 1.54) is 11.6 Å². The number of aliphatic hydroxyl groups is 1. The van der Waals surface area contributed by atoms with Crippen LogP contribution in [0.2, 0.25) is 5.02 Å². The third kappa shape index (κ3) is 6.12. The van der Waals surface area contributed by atoms with Crippen molar-refractivity contribution in [3.8, 4) is 28.3 Å². The average Bonchev–Trinajstić information content (AvgIpc) is 3.07. The molecule has 0 bridgehead atoms. The van der Waals surface area contributed by atoms with Crippen molar-refractivity contribution in [1.29, 1.82) is 0 Å². The lowest BCUT2D eigenvalue weighted by molar-refractivity contribution is -0.0281. The number of benzene rings is 2. The van der Waals surface area contributed by atoms with Crippen LogP contribution < -0.4 is 26.6 Å². The number of anilines is 2. The molecule has 3 aromatic heterocycles. The zero-order valence-corrected chi connectivity index (χ0v) is 27.6. The number of hydrogen-bond donors (Lipinski definition) is 3. The van der Waals surface area contributed by atoms with E-state index in [0.717, 1.165) is 38.8 Å². The predicted molar refractivity (Wildman–Crippen MR) is 182 cm³/mol. The third-order valence-electron chi connectivity index (χ3n) is 8.58. The van der Waals surface area contributed by atoms with Crippen LogP contribution in [0.1, 0.15) is 23.4 Å². The second-order valence-corrected chi connectivity index (χ2v) is 12.0. The maximum Gasteiger partial charge on any atom is 0.332 e. The number of halogens is 1. The number of fused-ring (bicyclic) bond motifs is 1. The van der Waals surface area contributed by atoms with E-state index >= 15 is 0 Å². The smallest absolute Gasteiger partial charge is 0.332 e. The van der Waals surface area contributed by atoms with Crippen molar-refractivity contribution in [2.24, 2.45) is 14.1 Å². The summed E-state index contributed by atoms with van der Waals surface area (Å²) in [6.45, 7) is 5.08. The van der Waals surface area contributed by atoms with E-state index < -0.39 is 17.4 Å². The molecule has 0 aliphatic carbocycles. The number of rotatable bonds is 8. The molecule has 2 atom stereocenters. The van der Waals surface area contributed by atoms with Gasteiger partial charge in [0.2, 0.25) is 5.88 Å². The van der Waals surface area contributed by atoms with Gasteiger partial charge in [-0.25, -0.2) is 19.7 Å². The minimum atomic E-state index is -0.562. The molecule has 2 unspecified atom stereocenters. The fourth-order valence-electron chi connectivity index (χ4n) is 5.92. The van der Waals surface area contributed by atoms with Crippen molar-refractivity contribution in [2.75, 3.05) is 25.6 Å². The number of methoxy groups -OCH3 is 1. The number of aryl methyl sites for hydroxylation is 2. The summed E-state index contributed by atoms with van der Waals surface area (Å²) >= 11 is 7.10. The maximum absolute atomic E-state index is 13.2. The Hall–Kier alpha value is -4.62. The lowest BCUT2D eigenvalue weighted by Gasteiger charge is -2.28. The molecule has 244 valence electrons. The lowest BCUT2D eigenvalue weighted by atomic mass is 9.96. The quantitative estimate of drug-likeness (QED) is 0.224. The van der Waals surface area contributed by atoms with Crippen molar-refractivity contribution in [3.63, 3.8) is 0 Å². The van der Waals surface area contributed by atoms with Crippen molar-refractivity contribution in [2.45, 2.75) is 39.0 Å². The molecule has 0 amide bonds. The zero-order chi connectivity index (χ0) is 33.4. The van der Waals surface area contributed by atoms with Gasteiger partial charge in [0, 0.05) is 55.7 Å². The molecule has 12 nitrogen and oxygen atoms in total. The van der Waals surface area contributed by atoms with Crippen LogP contribution in [0.25, 0.3) is 33.4 Å². The van der Waals surface area contributed by atoms with E-state index in [0.29, 0.717) is 53.7 Å². The van der Waals surface area contributed by atoms with E-state index in [2.05, 4.69) is 20.6 Å². The summed E-state index contributed by atoms with van der Waals surface area (Å²) in [6, 6.07) is 15.4. The van der Waals surface area contributed by atoms with Crippen molar-refractivity contribution in [1.82, 2.24) is 29.4 Å². The van der Waals surface area contributed by atoms with Gasteiger partial charge in [0.1, 0.15) is 17.0 Å². The molecule has 1 aliphatic heterocycles. The van der Waals surface area contributed by atoms with Gasteiger partial charge in [-0.1, -0.05) is 48.0 Å². The molecule has 1 aliphatic rings. The molecule has 0 spiro atoms. The summed E-state index contributed by atoms with van der Waals surface area (Å²) in [5.41, 5.74) is 4.82. The minimum Gasteiger partial charge on any atom is -0.481 e. The molecule has 0 saturated carbocycles. The molecule has 13 heteroatoms. The molecule has 6 rings (SSSR count). The number of nitrogens with zero attached hydrogens (tertiary/aromatic N) is 5.